The summed E-state index contributed by atoms with van der Waals surface area (Å²) in [7, 11) is 0. The van der Waals surface area contributed by atoms with Crippen LogP contribution in [0.25, 0.3) is 0 Å². The molecule has 2 amide bonds. The van der Waals surface area contributed by atoms with E-state index in [-0.39, 0.29) is 18.1 Å². The van der Waals surface area contributed by atoms with E-state index >= 15 is 0 Å². The zero-order chi connectivity index (χ0) is 27.9. The summed E-state index contributed by atoms with van der Waals surface area (Å²) in [6.45, 7) is 0.748. The fraction of sp³-hybridized carbons (Fsp3) is 0.265. The third kappa shape index (κ3) is 6.64. The fourth-order valence-corrected chi connectivity index (χ4v) is 5.79. The van der Waals surface area contributed by atoms with Crippen LogP contribution >= 0.6 is 0 Å². The van der Waals surface area contributed by atoms with E-state index in [1.165, 1.54) is 11.1 Å². The number of aliphatic hydroxyl groups is 1. The maximum atomic E-state index is 14.4. The van der Waals surface area contributed by atoms with E-state index in [1.54, 1.807) is 0 Å². The van der Waals surface area contributed by atoms with Crippen LogP contribution in [0.15, 0.2) is 109 Å². The lowest BCUT2D eigenvalue weighted by Crippen LogP contribution is -2.65. The van der Waals surface area contributed by atoms with Crippen molar-refractivity contribution in [3.05, 3.63) is 131 Å². The second-order valence-corrected chi connectivity index (χ2v) is 10.7. The topological polar surface area (TPSA) is 95.8 Å². The van der Waals surface area contributed by atoms with Gasteiger partial charge in [0.25, 0.3) is 0 Å². The Morgan fingerprint density at radius 3 is 1.38 bits per heavy atom. The molecule has 0 aliphatic carbocycles. The van der Waals surface area contributed by atoms with Gasteiger partial charge in [-0.3, -0.25) is 0 Å². The Morgan fingerprint density at radius 2 is 0.975 bits per heavy atom. The lowest BCUT2D eigenvalue weighted by Gasteiger charge is -2.49. The minimum atomic E-state index is -0.729. The van der Waals surface area contributed by atoms with Crippen molar-refractivity contribution in [3.63, 3.8) is 0 Å². The number of hydrogen-bond acceptors (Lipinski definition) is 4. The molecule has 2 atom stereocenters. The predicted octanol–water partition coefficient (Wildman–Crippen LogP) is 5.65. The quantitative estimate of drug-likeness (QED) is 0.229. The highest BCUT2D eigenvalue weighted by Gasteiger charge is 2.45. The molecule has 6 nitrogen and oxygen atoms in total. The second-order valence-electron chi connectivity index (χ2n) is 10.7. The van der Waals surface area contributed by atoms with Crippen molar-refractivity contribution in [2.45, 2.75) is 57.0 Å². The molecule has 0 bridgehead atoms. The van der Waals surface area contributed by atoms with Crippen LogP contribution in [0, 0.1) is 0 Å². The van der Waals surface area contributed by atoms with Gasteiger partial charge in [0.2, 0.25) is 0 Å². The van der Waals surface area contributed by atoms with Crippen LogP contribution in [0.2, 0.25) is 0 Å². The Kier molecular flexibility index (Phi) is 8.67. The number of carbonyl (C=O) groups excluding carboxylic acids is 1. The van der Waals surface area contributed by atoms with Gasteiger partial charge in [0.05, 0.1) is 18.2 Å². The van der Waals surface area contributed by atoms with E-state index in [0.717, 1.165) is 24.0 Å². The average Bonchev–Trinajstić information content (AvgIpc) is 2.96. The molecule has 0 unspecified atom stereocenters. The number of nitrogens with two attached hydrogens (primary N) is 2. The third-order valence-corrected chi connectivity index (χ3v) is 7.83. The van der Waals surface area contributed by atoms with Gasteiger partial charge in [-0.25, -0.2) is 4.79 Å². The van der Waals surface area contributed by atoms with Crippen molar-refractivity contribution in [1.29, 1.82) is 0 Å². The summed E-state index contributed by atoms with van der Waals surface area (Å²) in [6, 6.07) is 35.0. The van der Waals surface area contributed by atoms with E-state index in [4.69, 9.17) is 11.5 Å². The molecular weight excluding hydrogens is 496 g/mol. The highest BCUT2D eigenvalue weighted by molar-refractivity contribution is 5.77. The van der Waals surface area contributed by atoms with E-state index in [2.05, 4.69) is 24.3 Å². The van der Waals surface area contributed by atoms with Crippen LogP contribution in [0.1, 0.15) is 35.1 Å². The molecule has 6 heteroatoms. The molecule has 1 aliphatic heterocycles. The molecule has 1 heterocycles. The largest absolute Gasteiger partial charge is 0.399 e. The molecule has 40 heavy (non-hydrogen) atoms. The van der Waals surface area contributed by atoms with Crippen LogP contribution in [-0.4, -0.2) is 39.1 Å². The van der Waals surface area contributed by atoms with Gasteiger partial charge in [-0.15, -0.1) is 0 Å². The Balaban J connectivity index is 1.47. The first kappa shape index (κ1) is 27.3. The van der Waals surface area contributed by atoms with Gasteiger partial charge < -0.3 is 26.4 Å². The number of carbonyl (C=O) groups is 1. The van der Waals surface area contributed by atoms with Gasteiger partial charge in [0, 0.05) is 24.5 Å². The smallest absolute Gasteiger partial charge is 0.321 e. The van der Waals surface area contributed by atoms with Crippen molar-refractivity contribution < 1.29 is 9.90 Å². The molecule has 0 spiro atoms. The number of nitrogens with zero attached hydrogens (tertiary/aromatic N) is 2. The zero-order valence-corrected chi connectivity index (χ0v) is 22.8. The highest BCUT2D eigenvalue weighted by Crippen LogP contribution is 2.32. The van der Waals surface area contributed by atoms with Crippen LogP contribution in [-0.2, 0) is 25.9 Å². The molecule has 4 aromatic carbocycles. The minimum absolute atomic E-state index is 0.0775. The van der Waals surface area contributed by atoms with Crippen molar-refractivity contribution in [2.24, 2.45) is 0 Å². The first-order chi connectivity index (χ1) is 19.5. The molecule has 0 aromatic heterocycles. The molecule has 1 aliphatic rings. The van der Waals surface area contributed by atoms with Crippen LogP contribution in [0.5, 0.6) is 0 Å². The summed E-state index contributed by atoms with van der Waals surface area (Å²) in [4.78, 5) is 18.1. The average molecular weight is 535 g/mol. The number of rotatable bonds is 10. The number of nitrogen functional groups attached to an aromatic ring is 2. The van der Waals surface area contributed by atoms with Gasteiger partial charge in [-0.05, 0) is 72.2 Å². The molecule has 1 fully saturated rings. The molecule has 5 rings (SSSR count). The second kappa shape index (κ2) is 12.7. The van der Waals surface area contributed by atoms with Gasteiger partial charge in [-0.1, -0.05) is 84.9 Å². The van der Waals surface area contributed by atoms with E-state index in [9.17, 15) is 9.90 Å². The summed E-state index contributed by atoms with van der Waals surface area (Å²) in [6.07, 6.45) is 2.13. The summed E-state index contributed by atoms with van der Waals surface area (Å²) >= 11 is 0. The number of anilines is 2. The number of urea groups is 1. The van der Waals surface area contributed by atoms with Crippen molar-refractivity contribution in [1.82, 2.24) is 9.80 Å². The molecular formula is C34H38N4O2. The number of benzene rings is 4. The SMILES string of the molecule is Nc1cccc(CN2C(=O)N(Cc3cccc(N)c3)[C@H](CCc3ccccc3)C(O)[C@H]2CCc2ccccc2)c1. The van der Waals surface area contributed by atoms with E-state index < -0.39 is 6.10 Å². The van der Waals surface area contributed by atoms with Crippen molar-refractivity contribution in [3.8, 4) is 0 Å². The van der Waals surface area contributed by atoms with Crippen molar-refractivity contribution in [2.75, 3.05) is 11.5 Å². The van der Waals surface area contributed by atoms with Gasteiger partial charge in [0.15, 0.2) is 0 Å². The summed E-state index contributed by atoms with van der Waals surface area (Å²) in [5.74, 6) is 0. The monoisotopic (exact) mass is 534 g/mol. The molecule has 206 valence electrons. The van der Waals surface area contributed by atoms with E-state index in [1.807, 2.05) is 94.7 Å². The first-order valence-corrected chi connectivity index (χ1v) is 14.0. The lowest BCUT2D eigenvalue weighted by atomic mass is 9.88. The van der Waals surface area contributed by atoms with E-state index in [0.29, 0.717) is 37.3 Å². The number of aliphatic hydroxyl groups excluding tert-OH is 1. The lowest BCUT2D eigenvalue weighted by molar-refractivity contribution is -0.0478. The molecule has 0 saturated carbocycles. The Labute approximate surface area is 236 Å². The van der Waals surface area contributed by atoms with Crippen LogP contribution in [0.3, 0.4) is 0 Å². The third-order valence-electron chi connectivity index (χ3n) is 7.83. The van der Waals surface area contributed by atoms with Crippen LogP contribution < -0.4 is 11.5 Å². The number of aryl methyl sites for hydroxylation is 2. The minimum Gasteiger partial charge on any atom is -0.399 e. The summed E-state index contributed by atoms with van der Waals surface area (Å²) < 4.78 is 0. The summed E-state index contributed by atoms with van der Waals surface area (Å²) in [5.41, 5.74) is 17.7. The number of hydrogen-bond donors (Lipinski definition) is 3. The molecule has 4 aromatic rings. The maximum absolute atomic E-state index is 14.4. The Hall–Kier alpha value is -4.29. The summed E-state index contributed by atoms with van der Waals surface area (Å²) in [5, 5.41) is 12.0. The normalized spacial score (nSPS) is 17.8. The molecule has 0 radical (unpaired) electrons. The maximum Gasteiger partial charge on any atom is 0.321 e. The Bertz CT molecular complexity index is 1290. The number of amides is 2. The first-order valence-electron chi connectivity index (χ1n) is 14.0. The van der Waals surface area contributed by atoms with Gasteiger partial charge >= 0.3 is 6.03 Å². The fourth-order valence-electron chi connectivity index (χ4n) is 5.79. The standard InChI is InChI=1S/C34H38N4O2/c35-29-15-7-13-27(21-29)23-37-31(19-17-25-9-3-1-4-10-25)33(39)32(20-18-26-11-5-2-6-12-26)38(34(37)40)24-28-14-8-16-30(36)22-28/h1-16,21-22,31-33,39H,17-20,23-24,35-36H2/t31-,32-/m1/s1. The Morgan fingerprint density at radius 1 is 0.575 bits per heavy atom. The highest BCUT2D eigenvalue weighted by atomic mass is 16.3. The van der Waals surface area contributed by atoms with Crippen molar-refractivity contribution >= 4 is 17.4 Å². The molecule has 5 N–H and O–H groups in total. The molecule has 1 saturated heterocycles. The van der Waals surface area contributed by atoms with Crippen LogP contribution in [0.4, 0.5) is 16.2 Å². The predicted molar refractivity (Wildman–Crippen MR) is 161 cm³/mol. The van der Waals surface area contributed by atoms with Gasteiger partial charge in [-0.2, -0.15) is 0 Å². The van der Waals surface area contributed by atoms with Gasteiger partial charge in [0.1, 0.15) is 0 Å². The zero-order valence-electron chi connectivity index (χ0n) is 22.8.